The van der Waals surface area contributed by atoms with Crippen LogP contribution in [0.15, 0.2) is 33.1 Å². The molecular weight excluding hydrogens is 308 g/mol. The Morgan fingerprint density at radius 2 is 2.00 bits per heavy atom. The topological polar surface area (TPSA) is 71.3 Å². The standard InChI is InChI=1S/C14H20N2O3S2/c1-10-6-9-19-14(10)12(3)15-7-8-16-21(17,18)13-5-4-11(2)20-13/h4-6,9,12,15-16H,7-8H2,1-3H3. The van der Waals surface area contributed by atoms with Crippen molar-refractivity contribution in [3.05, 3.63) is 40.7 Å². The largest absolute Gasteiger partial charge is 0.467 e. The molecule has 1 atom stereocenters. The highest BCUT2D eigenvalue weighted by Crippen LogP contribution is 2.20. The zero-order valence-electron chi connectivity index (χ0n) is 12.3. The first-order chi connectivity index (χ1) is 9.90. The smallest absolute Gasteiger partial charge is 0.250 e. The Hall–Kier alpha value is -1.15. The van der Waals surface area contributed by atoms with Gasteiger partial charge in [-0.3, -0.25) is 0 Å². The van der Waals surface area contributed by atoms with E-state index in [0.717, 1.165) is 16.2 Å². The van der Waals surface area contributed by atoms with Crippen LogP contribution in [0.4, 0.5) is 0 Å². The highest BCUT2D eigenvalue weighted by Gasteiger charge is 2.16. The van der Waals surface area contributed by atoms with Gasteiger partial charge in [-0.05, 0) is 44.5 Å². The molecule has 7 heteroatoms. The molecule has 0 saturated carbocycles. The van der Waals surface area contributed by atoms with Gasteiger partial charge in [0.1, 0.15) is 9.97 Å². The van der Waals surface area contributed by atoms with E-state index in [2.05, 4.69) is 10.0 Å². The van der Waals surface area contributed by atoms with E-state index in [1.807, 2.05) is 26.8 Å². The molecule has 2 aromatic rings. The van der Waals surface area contributed by atoms with Gasteiger partial charge in [0, 0.05) is 18.0 Å². The van der Waals surface area contributed by atoms with E-state index in [-0.39, 0.29) is 6.04 Å². The van der Waals surface area contributed by atoms with Crippen LogP contribution in [0.2, 0.25) is 0 Å². The molecule has 2 N–H and O–H groups in total. The molecule has 0 aromatic carbocycles. The quantitative estimate of drug-likeness (QED) is 0.766. The van der Waals surface area contributed by atoms with Crippen LogP contribution in [0, 0.1) is 13.8 Å². The van der Waals surface area contributed by atoms with Crippen molar-refractivity contribution in [1.29, 1.82) is 0 Å². The summed E-state index contributed by atoms with van der Waals surface area (Å²) < 4.78 is 32.4. The average molecular weight is 328 g/mol. The Balaban J connectivity index is 1.81. The monoisotopic (exact) mass is 328 g/mol. The third-order valence-electron chi connectivity index (χ3n) is 3.14. The van der Waals surface area contributed by atoms with Gasteiger partial charge in [0.25, 0.3) is 0 Å². The fraction of sp³-hybridized carbons (Fsp3) is 0.429. The lowest BCUT2D eigenvalue weighted by atomic mass is 10.2. The van der Waals surface area contributed by atoms with Crippen LogP contribution in [-0.2, 0) is 10.0 Å². The normalized spacial score (nSPS) is 13.5. The zero-order chi connectivity index (χ0) is 15.5. The van der Waals surface area contributed by atoms with Gasteiger partial charge in [-0.15, -0.1) is 11.3 Å². The molecule has 0 fully saturated rings. The molecule has 2 aromatic heterocycles. The van der Waals surface area contributed by atoms with Crippen LogP contribution in [0.3, 0.4) is 0 Å². The lowest BCUT2D eigenvalue weighted by molar-refractivity contribution is 0.429. The summed E-state index contributed by atoms with van der Waals surface area (Å²) in [6.45, 7) is 6.73. The summed E-state index contributed by atoms with van der Waals surface area (Å²) in [4.78, 5) is 0.982. The Kier molecular flexibility index (Phi) is 5.21. The first kappa shape index (κ1) is 16.2. The summed E-state index contributed by atoms with van der Waals surface area (Å²) in [5.74, 6) is 0.881. The SMILES string of the molecule is Cc1ccc(S(=O)(=O)NCCNC(C)c2occc2C)s1. The van der Waals surface area contributed by atoms with Gasteiger partial charge in [-0.1, -0.05) is 0 Å². The maximum Gasteiger partial charge on any atom is 0.250 e. The minimum absolute atomic E-state index is 0.0495. The summed E-state index contributed by atoms with van der Waals surface area (Å²) in [6, 6.07) is 5.40. The molecule has 0 spiro atoms. The molecular formula is C14H20N2O3S2. The number of sulfonamides is 1. The summed E-state index contributed by atoms with van der Waals surface area (Å²) in [6.07, 6.45) is 1.66. The first-order valence-electron chi connectivity index (χ1n) is 6.73. The van der Waals surface area contributed by atoms with E-state index < -0.39 is 10.0 Å². The van der Waals surface area contributed by atoms with Crippen LogP contribution in [0.25, 0.3) is 0 Å². The Bertz CT molecular complexity index is 689. The second kappa shape index (κ2) is 6.74. The minimum Gasteiger partial charge on any atom is -0.467 e. The number of hydrogen-bond donors (Lipinski definition) is 2. The van der Waals surface area contributed by atoms with Crippen LogP contribution in [0.5, 0.6) is 0 Å². The molecule has 1 unspecified atom stereocenters. The summed E-state index contributed by atoms with van der Waals surface area (Å²) in [7, 11) is -3.39. The Morgan fingerprint density at radius 3 is 2.57 bits per heavy atom. The highest BCUT2D eigenvalue weighted by atomic mass is 32.2. The number of rotatable bonds is 7. The zero-order valence-corrected chi connectivity index (χ0v) is 14.0. The van der Waals surface area contributed by atoms with Crippen molar-refractivity contribution >= 4 is 21.4 Å². The summed E-state index contributed by atoms with van der Waals surface area (Å²) in [5.41, 5.74) is 1.09. The number of hydrogen-bond acceptors (Lipinski definition) is 5. The van der Waals surface area contributed by atoms with E-state index in [1.54, 1.807) is 18.4 Å². The molecule has 0 saturated heterocycles. The maximum atomic E-state index is 12.0. The molecule has 0 radical (unpaired) electrons. The number of furan rings is 1. The van der Waals surface area contributed by atoms with E-state index in [1.165, 1.54) is 11.3 Å². The van der Waals surface area contributed by atoms with Crippen LogP contribution in [-0.4, -0.2) is 21.5 Å². The Labute approximate surface area is 129 Å². The fourth-order valence-corrected chi connectivity index (χ4v) is 4.38. The molecule has 0 aliphatic carbocycles. The number of thiophene rings is 1. The molecule has 0 aliphatic heterocycles. The van der Waals surface area contributed by atoms with Crippen LogP contribution >= 0.6 is 11.3 Å². The average Bonchev–Trinajstić information content (AvgIpc) is 3.03. The van der Waals surface area contributed by atoms with Gasteiger partial charge in [0.2, 0.25) is 10.0 Å². The first-order valence-corrected chi connectivity index (χ1v) is 9.03. The third kappa shape index (κ3) is 4.16. The Morgan fingerprint density at radius 1 is 1.24 bits per heavy atom. The van der Waals surface area contributed by atoms with Crippen LogP contribution in [0.1, 0.15) is 29.2 Å². The minimum atomic E-state index is -3.39. The van der Waals surface area contributed by atoms with Crippen molar-refractivity contribution in [3.8, 4) is 0 Å². The predicted molar refractivity (Wildman–Crippen MR) is 84.1 cm³/mol. The third-order valence-corrected chi connectivity index (χ3v) is 6.10. The van der Waals surface area contributed by atoms with E-state index in [0.29, 0.717) is 17.3 Å². The van der Waals surface area contributed by atoms with E-state index in [4.69, 9.17) is 4.42 Å². The molecule has 2 rings (SSSR count). The van der Waals surface area contributed by atoms with Gasteiger partial charge >= 0.3 is 0 Å². The van der Waals surface area contributed by atoms with Crippen molar-refractivity contribution in [3.63, 3.8) is 0 Å². The molecule has 0 bridgehead atoms. The van der Waals surface area contributed by atoms with Crippen molar-refractivity contribution in [2.45, 2.75) is 31.0 Å². The van der Waals surface area contributed by atoms with Gasteiger partial charge in [0.15, 0.2) is 0 Å². The molecule has 116 valence electrons. The highest BCUT2D eigenvalue weighted by molar-refractivity contribution is 7.91. The molecule has 5 nitrogen and oxygen atoms in total. The van der Waals surface area contributed by atoms with Crippen molar-refractivity contribution in [2.75, 3.05) is 13.1 Å². The summed E-state index contributed by atoms with van der Waals surface area (Å²) in [5, 5.41) is 3.24. The second-order valence-corrected chi connectivity index (χ2v) is 8.19. The lowest BCUT2D eigenvalue weighted by Gasteiger charge is -2.12. The van der Waals surface area contributed by atoms with Gasteiger partial charge in [-0.2, -0.15) is 0 Å². The van der Waals surface area contributed by atoms with Crippen LogP contribution < -0.4 is 10.0 Å². The van der Waals surface area contributed by atoms with Gasteiger partial charge in [0.05, 0.1) is 12.3 Å². The fourth-order valence-electron chi connectivity index (χ4n) is 2.02. The molecule has 0 amide bonds. The summed E-state index contributed by atoms with van der Waals surface area (Å²) >= 11 is 1.27. The van der Waals surface area contributed by atoms with Crippen molar-refractivity contribution < 1.29 is 12.8 Å². The van der Waals surface area contributed by atoms with Crippen molar-refractivity contribution in [1.82, 2.24) is 10.0 Å². The molecule has 21 heavy (non-hydrogen) atoms. The number of aryl methyl sites for hydroxylation is 2. The van der Waals surface area contributed by atoms with Gasteiger partial charge in [-0.25, -0.2) is 13.1 Å². The molecule has 2 heterocycles. The van der Waals surface area contributed by atoms with Gasteiger partial charge < -0.3 is 9.73 Å². The van der Waals surface area contributed by atoms with E-state index in [9.17, 15) is 8.42 Å². The maximum absolute atomic E-state index is 12.0. The van der Waals surface area contributed by atoms with Crippen molar-refractivity contribution in [2.24, 2.45) is 0 Å². The number of nitrogens with one attached hydrogen (secondary N) is 2. The second-order valence-electron chi connectivity index (χ2n) is 4.91. The predicted octanol–water partition coefficient (Wildman–Crippen LogP) is 2.59. The molecule has 0 aliphatic rings. The van der Waals surface area contributed by atoms with E-state index >= 15 is 0 Å². The lowest BCUT2D eigenvalue weighted by Crippen LogP contribution is -2.32.